The number of carbonyl (C=O) groups excluding carboxylic acids is 1. The molecular formula is C27H33NO5. The Bertz CT molecular complexity index is 1010. The number of aliphatic hydroxyl groups is 1. The second kappa shape index (κ2) is 11.2. The van der Waals surface area contributed by atoms with Crippen LogP contribution in [0.15, 0.2) is 65.3 Å². The second-order valence-electron chi connectivity index (χ2n) is 9.19. The summed E-state index contributed by atoms with van der Waals surface area (Å²) < 4.78 is 16.6. The molecule has 0 saturated heterocycles. The summed E-state index contributed by atoms with van der Waals surface area (Å²) in [5.74, 6) is 1.77. The average Bonchev–Trinajstić information content (AvgIpc) is 3.30. The van der Waals surface area contributed by atoms with E-state index in [1.54, 1.807) is 24.5 Å². The van der Waals surface area contributed by atoms with E-state index in [-0.39, 0.29) is 12.0 Å². The summed E-state index contributed by atoms with van der Waals surface area (Å²) in [6, 6.07) is 17.3. The summed E-state index contributed by atoms with van der Waals surface area (Å²) in [6.45, 7) is 8.32. The van der Waals surface area contributed by atoms with E-state index in [0.29, 0.717) is 36.7 Å². The first kappa shape index (κ1) is 24.6. The molecule has 1 atom stereocenters. The quantitative estimate of drug-likeness (QED) is 0.421. The van der Waals surface area contributed by atoms with Gasteiger partial charge in [-0.3, -0.25) is 9.69 Å². The van der Waals surface area contributed by atoms with Crippen LogP contribution in [0.4, 0.5) is 0 Å². The second-order valence-corrected chi connectivity index (χ2v) is 9.19. The van der Waals surface area contributed by atoms with Crippen LogP contribution in [0.5, 0.6) is 11.5 Å². The van der Waals surface area contributed by atoms with Crippen molar-refractivity contribution < 1.29 is 23.8 Å². The van der Waals surface area contributed by atoms with Gasteiger partial charge in [0.05, 0.1) is 19.9 Å². The van der Waals surface area contributed by atoms with Crippen molar-refractivity contribution in [3.63, 3.8) is 0 Å². The molecule has 6 nitrogen and oxygen atoms in total. The number of ether oxygens (including phenoxy) is 2. The smallest absolute Gasteiger partial charge is 0.161 e. The van der Waals surface area contributed by atoms with Crippen molar-refractivity contribution in [2.24, 2.45) is 0 Å². The molecule has 3 aromatic rings. The number of hydrogen-bond donors (Lipinski definition) is 1. The third-order valence-corrected chi connectivity index (χ3v) is 5.41. The van der Waals surface area contributed by atoms with Gasteiger partial charge in [-0.15, -0.1) is 0 Å². The van der Waals surface area contributed by atoms with Gasteiger partial charge in [-0.25, -0.2) is 0 Å². The number of aliphatic hydroxyl groups excluding tert-OH is 1. The fraction of sp³-hybridized carbons (Fsp3) is 0.370. The summed E-state index contributed by atoms with van der Waals surface area (Å²) in [5, 5.41) is 10.7. The Morgan fingerprint density at radius 1 is 1.06 bits per heavy atom. The van der Waals surface area contributed by atoms with Crippen LogP contribution in [-0.2, 0) is 18.5 Å². The lowest BCUT2D eigenvalue weighted by Crippen LogP contribution is -2.35. The molecule has 3 rings (SSSR count). The van der Waals surface area contributed by atoms with E-state index >= 15 is 0 Å². The standard InChI is InChI=1S/C27H33NO5/c1-27(2,3)22-10-7-20(8-11-22)15-28(17-24-6-5-13-32-24)16-23(30)19-33-25-12-9-21(18-29)14-26(25)31-4/h5-14,18,23,30H,15-17,19H2,1-4H3. The molecule has 0 spiro atoms. The van der Waals surface area contributed by atoms with Gasteiger partial charge in [-0.05, 0) is 46.9 Å². The van der Waals surface area contributed by atoms with E-state index < -0.39 is 6.10 Å². The maximum Gasteiger partial charge on any atom is 0.161 e. The molecule has 0 amide bonds. The van der Waals surface area contributed by atoms with Gasteiger partial charge in [0.1, 0.15) is 24.8 Å². The maximum atomic E-state index is 11.0. The molecule has 0 aliphatic heterocycles. The summed E-state index contributed by atoms with van der Waals surface area (Å²) >= 11 is 0. The van der Waals surface area contributed by atoms with E-state index in [1.807, 2.05) is 12.1 Å². The number of hydrogen-bond acceptors (Lipinski definition) is 6. The third kappa shape index (κ3) is 7.20. The van der Waals surface area contributed by atoms with Crippen LogP contribution in [0, 0.1) is 0 Å². The lowest BCUT2D eigenvalue weighted by molar-refractivity contribution is 0.0595. The van der Waals surface area contributed by atoms with E-state index in [2.05, 4.69) is 49.9 Å². The van der Waals surface area contributed by atoms with Crippen LogP contribution >= 0.6 is 0 Å². The lowest BCUT2D eigenvalue weighted by atomic mass is 9.87. The van der Waals surface area contributed by atoms with Crippen LogP contribution in [-0.4, -0.2) is 42.7 Å². The number of rotatable bonds is 11. The van der Waals surface area contributed by atoms with Crippen molar-refractivity contribution in [1.82, 2.24) is 4.90 Å². The summed E-state index contributed by atoms with van der Waals surface area (Å²) in [4.78, 5) is 13.1. The average molecular weight is 452 g/mol. The molecule has 176 valence electrons. The first-order valence-electron chi connectivity index (χ1n) is 11.1. The Kier molecular flexibility index (Phi) is 8.31. The van der Waals surface area contributed by atoms with Crippen molar-refractivity contribution in [1.29, 1.82) is 0 Å². The van der Waals surface area contributed by atoms with Gasteiger partial charge in [0, 0.05) is 18.7 Å². The van der Waals surface area contributed by atoms with Gasteiger partial charge in [0.15, 0.2) is 11.5 Å². The molecule has 0 saturated carbocycles. The Morgan fingerprint density at radius 2 is 1.82 bits per heavy atom. The molecule has 0 bridgehead atoms. The minimum absolute atomic E-state index is 0.0917. The highest BCUT2D eigenvalue weighted by atomic mass is 16.5. The number of aldehydes is 1. The zero-order chi connectivity index (χ0) is 23.8. The third-order valence-electron chi connectivity index (χ3n) is 5.41. The van der Waals surface area contributed by atoms with Crippen LogP contribution in [0.1, 0.15) is 48.0 Å². The minimum atomic E-state index is -0.732. The topological polar surface area (TPSA) is 72.1 Å². The van der Waals surface area contributed by atoms with Gasteiger partial charge >= 0.3 is 0 Å². The molecule has 1 aromatic heterocycles. The van der Waals surface area contributed by atoms with E-state index in [4.69, 9.17) is 13.9 Å². The van der Waals surface area contributed by atoms with E-state index in [1.165, 1.54) is 12.7 Å². The Labute approximate surface area is 195 Å². The predicted molar refractivity (Wildman–Crippen MR) is 128 cm³/mol. The molecule has 1 heterocycles. The summed E-state index contributed by atoms with van der Waals surface area (Å²) in [6.07, 6.45) is 1.67. The zero-order valence-corrected chi connectivity index (χ0v) is 19.8. The van der Waals surface area contributed by atoms with Gasteiger partial charge in [-0.2, -0.15) is 0 Å². The van der Waals surface area contributed by atoms with Gasteiger partial charge in [0.2, 0.25) is 0 Å². The van der Waals surface area contributed by atoms with Crippen LogP contribution in [0.3, 0.4) is 0 Å². The Hall–Kier alpha value is -3.09. The Morgan fingerprint density at radius 3 is 2.42 bits per heavy atom. The van der Waals surface area contributed by atoms with Crippen LogP contribution < -0.4 is 9.47 Å². The molecule has 0 aliphatic carbocycles. The van der Waals surface area contributed by atoms with Crippen molar-refractivity contribution in [3.05, 3.63) is 83.3 Å². The Balaban J connectivity index is 1.65. The van der Waals surface area contributed by atoms with Gasteiger partial charge in [-0.1, -0.05) is 45.0 Å². The molecule has 1 N–H and O–H groups in total. The molecular weight excluding hydrogens is 418 g/mol. The predicted octanol–water partition coefficient (Wildman–Crippen LogP) is 4.84. The first-order valence-corrected chi connectivity index (χ1v) is 11.1. The van der Waals surface area contributed by atoms with E-state index in [0.717, 1.165) is 17.6 Å². The summed E-state index contributed by atoms with van der Waals surface area (Å²) in [7, 11) is 1.52. The van der Waals surface area contributed by atoms with Crippen molar-refractivity contribution in [2.45, 2.75) is 45.4 Å². The molecule has 33 heavy (non-hydrogen) atoms. The molecule has 6 heteroatoms. The molecule has 0 radical (unpaired) electrons. The lowest BCUT2D eigenvalue weighted by Gasteiger charge is -2.25. The van der Waals surface area contributed by atoms with Gasteiger partial charge < -0.3 is 19.0 Å². The monoisotopic (exact) mass is 451 g/mol. The maximum absolute atomic E-state index is 11.0. The molecule has 1 unspecified atom stereocenters. The minimum Gasteiger partial charge on any atom is -0.493 e. The molecule has 0 aliphatic rings. The van der Waals surface area contributed by atoms with Crippen molar-refractivity contribution in [2.75, 3.05) is 20.3 Å². The zero-order valence-electron chi connectivity index (χ0n) is 19.8. The molecule has 2 aromatic carbocycles. The van der Waals surface area contributed by atoms with Crippen LogP contribution in [0.2, 0.25) is 0 Å². The fourth-order valence-electron chi connectivity index (χ4n) is 3.59. The highest BCUT2D eigenvalue weighted by Crippen LogP contribution is 2.28. The number of benzene rings is 2. The highest BCUT2D eigenvalue weighted by molar-refractivity contribution is 5.76. The van der Waals surface area contributed by atoms with Crippen molar-refractivity contribution >= 4 is 6.29 Å². The largest absolute Gasteiger partial charge is 0.493 e. The summed E-state index contributed by atoms with van der Waals surface area (Å²) in [5.41, 5.74) is 3.05. The van der Waals surface area contributed by atoms with E-state index in [9.17, 15) is 9.90 Å². The van der Waals surface area contributed by atoms with Crippen molar-refractivity contribution in [3.8, 4) is 11.5 Å². The van der Waals surface area contributed by atoms with Gasteiger partial charge in [0.25, 0.3) is 0 Å². The SMILES string of the molecule is COc1cc(C=O)ccc1OCC(O)CN(Cc1ccc(C(C)(C)C)cc1)Cc1ccco1. The normalized spacial score (nSPS) is 12.5. The number of methoxy groups -OCH3 is 1. The first-order chi connectivity index (χ1) is 15.8. The number of furan rings is 1. The number of nitrogens with zero attached hydrogens (tertiary/aromatic N) is 1. The highest BCUT2D eigenvalue weighted by Gasteiger charge is 2.17. The molecule has 0 fully saturated rings. The fourth-order valence-corrected chi connectivity index (χ4v) is 3.59. The number of carbonyl (C=O) groups is 1. The van der Waals surface area contributed by atoms with Crippen LogP contribution in [0.25, 0.3) is 0 Å².